The number of rotatable bonds is 27. The summed E-state index contributed by atoms with van der Waals surface area (Å²) in [4.78, 5) is 84.8. The van der Waals surface area contributed by atoms with Gasteiger partial charge in [0.05, 0.1) is 43.0 Å². The van der Waals surface area contributed by atoms with Crippen molar-refractivity contribution in [2.24, 2.45) is 35.5 Å². The predicted octanol–water partition coefficient (Wildman–Crippen LogP) is 19.3. The third-order valence-corrected chi connectivity index (χ3v) is 25.6. The third-order valence-electron chi connectivity index (χ3n) is 22.7. The van der Waals surface area contributed by atoms with Crippen molar-refractivity contribution in [3.8, 4) is 0 Å². The van der Waals surface area contributed by atoms with E-state index >= 15 is 0 Å². The monoisotopic (exact) mass is 2140 g/mol. The van der Waals surface area contributed by atoms with E-state index in [1.807, 2.05) is 147 Å². The molecule has 0 saturated heterocycles. The molecule has 4 aromatic carbocycles. The highest BCUT2D eigenvalue weighted by Gasteiger charge is 2.36. The maximum atomic E-state index is 13.2. The highest BCUT2D eigenvalue weighted by molar-refractivity contribution is 9.11. The number of nitrogens with zero attached hydrogens (tertiary/aromatic N) is 12. The van der Waals surface area contributed by atoms with Crippen LogP contribution < -0.4 is 20.3 Å². The van der Waals surface area contributed by atoms with Crippen LogP contribution in [0.5, 0.6) is 0 Å². The standard InChI is InChI=1S/C24H27BrN4O.C23H25BrN4O2.C22H23BrN4O3.C16H11BrClN3O.C6H12BrNO2.C2H6O.CH3F.4CH4.B/c1-3-18-11-21(9-16(18)2)28-24-22(12-26-15-27-24)23(30)19-7-8-29(14-19)13-17-5-4-6-20(25)10-17;1-15-7-20(9-18(15)13-29)27-23-21(10-25-14-26-23)22(30)17-5-6-28(12-17)11-16-3-2-4-19(24)8-16;23-17-3-1-2-14(6-17)10-27-5-4-15(11-27)21(30)19-9-24-13-25-22(19)26-18-7-16(12-28)20(29)8-18;17-13-3-1-2-11(6-13)8-21-5-4-12(9-21)15(22)14-7-19-10-20-16(14)18;7-8-5-1-4(3-9)6(10)2-5;1-2-3;1-2;;;;;/h4-8,10,12,14-16,18,21H,3,9,11,13H2,1-2H3,(H,26,27,28);2-6,8,10,12,14-15,18,20,29H,7,9,11,13H2,1H3,(H,25,26,27);1-6,9,11,13,16,18,20,28-29H,7-8,10,12H2,(H,24,25,26);1-7,9-10H,8H2;4-6,8-10H,1-3H2;3H,2H2,1H3;1H3;4*1H4;/t16-,18+,21-;15-,18-,20-;16-,18+,20-;;4-,5+,6-;;;;;;;/m000.0......./s1/i;;;;;;1D;;;;;. The molecule has 10 N–H and O–H groups in total. The van der Waals surface area contributed by atoms with Crippen LogP contribution in [0.4, 0.5) is 21.8 Å². The molecule has 16 rings (SSSR count). The summed E-state index contributed by atoms with van der Waals surface area (Å²) in [5.74, 6) is 3.22. The molecule has 4 aliphatic carbocycles. The van der Waals surface area contributed by atoms with Gasteiger partial charge in [-0.05, 0) is 177 Å². The fourth-order valence-electron chi connectivity index (χ4n) is 16.1. The lowest BCUT2D eigenvalue weighted by atomic mass is 9.96. The topological polar surface area (TPSA) is 361 Å². The van der Waals surface area contributed by atoms with Gasteiger partial charge in [-0.25, -0.2) is 39.9 Å². The first-order chi connectivity index (χ1) is 61.8. The summed E-state index contributed by atoms with van der Waals surface area (Å²) in [5.41, 5.74) is 8.67. The molecule has 0 spiro atoms. The summed E-state index contributed by atoms with van der Waals surface area (Å²) < 4.78 is 30.5. The minimum Gasteiger partial charge on any atom is -0.397 e. The van der Waals surface area contributed by atoms with Crippen molar-refractivity contribution in [2.45, 2.75) is 178 Å². The summed E-state index contributed by atoms with van der Waals surface area (Å²) in [6.45, 7) is 11.6. The van der Waals surface area contributed by atoms with Gasteiger partial charge in [0.25, 0.3) is 0 Å². The van der Waals surface area contributed by atoms with Gasteiger partial charge in [0, 0.05) is 228 Å². The molecular weight excluding hydrogens is 2030 g/mol. The predicted molar refractivity (Wildman–Crippen MR) is 541 cm³/mol. The average molecular weight is 2150 g/mol. The van der Waals surface area contributed by atoms with Crippen molar-refractivity contribution < 1.29 is 55.6 Å². The Labute approximate surface area is 825 Å². The van der Waals surface area contributed by atoms with Crippen molar-refractivity contribution in [1.29, 1.82) is 0 Å². The van der Waals surface area contributed by atoms with Gasteiger partial charge in [-0.1, -0.05) is 181 Å². The van der Waals surface area contributed by atoms with E-state index < -0.39 is 13.3 Å². The Balaban J connectivity index is 0.000000294. The molecule has 0 aliphatic heterocycles. The largest absolute Gasteiger partial charge is 0.397 e. The number of aliphatic hydroxyl groups excluding tert-OH is 6. The molecule has 0 bridgehead atoms. The Hall–Kier alpha value is -9.20. The van der Waals surface area contributed by atoms with E-state index in [4.69, 9.17) is 23.2 Å². The van der Waals surface area contributed by atoms with Crippen LogP contribution >= 0.6 is 91.5 Å². The number of anilines is 3. The molecular formula is C98H123BBr5ClFN16O10. The number of aromatic nitrogens is 12. The number of ketones is 4. The maximum absolute atomic E-state index is 13.2. The van der Waals surface area contributed by atoms with Crippen molar-refractivity contribution in [2.75, 3.05) is 49.5 Å². The van der Waals surface area contributed by atoms with E-state index in [2.05, 4.69) is 185 Å². The summed E-state index contributed by atoms with van der Waals surface area (Å²) in [5, 5.41) is 64.9. The Morgan fingerprint density at radius 1 is 0.432 bits per heavy atom. The second-order valence-corrected chi connectivity index (χ2v) is 36.3. The Bertz CT molecular complexity index is 5160. The molecule has 0 amide bonds. The summed E-state index contributed by atoms with van der Waals surface area (Å²) in [6, 6.07) is 40.4. The zero-order valence-corrected chi connectivity index (χ0v) is 80.0. The average Bonchev–Trinajstić information content (AvgIpc) is 1.75. The smallest absolute Gasteiger partial charge is 0.199 e. The van der Waals surface area contributed by atoms with Gasteiger partial charge in [0.15, 0.2) is 23.1 Å². The first-order valence-electron chi connectivity index (χ1n) is 42.5. The van der Waals surface area contributed by atoms with Crippen LogP contribution in [0.15, 0.2) is 239 Å². The molecule has 707 valence electrons. The van der Waals surface area contributed by atoms with Crippen molar-refractivity contribution in [3.05, 3.63) is 311 Å². The molecule has 3 radical (unpaired) electrons. The van der Waals surface area contributed by atoms with Crippen LogP contribution in [0.3, 0.4) is 0 Å². The molecule has 26 nitrogen and oxygen atoms in total. The van der Waals surface area contributed by atoms with Crippen molar-refractivity contribution in [1.82, 2.24) is 62.5 Å². The third kappa shape index (κ3) is 33.1. The van der Waals surface area contributed by atoms with Crippen LogP contribution in [0.25, 0.3) is 0 Å². The molecule has 12 atom stereocenters. The van der Waals surface area contributed by atoms with E-state index in [1.54, 1.807) is 37.6 Å². The van der Waals surface area contributed by atoms with Gasteiger partial charge in [-0.2, -0.15) is 0 Å². The highest BCUT2D eigenvalue weighted by Crippen LogP contribution is 2.38. The van der Waals surface area contributed by atoms with E-state index in [0.29, 0.717) is 125 Å². The number of carbonyl (C=O) groups excluding carboxylic acids is 4. The lowest BCUT2D eigenvalue weighted by Crippen LogP contribution is -2.20. The zero-order valence-electron chi connectivity index (χ0n) is 72.3. The minimum absolute atomic E-state index is 0. The lowest BCUT2D eigenvalue weighted by Gasteiger charge is -2.15. The fourth-order valence-corrected chi connectivity index (χ4v) is 18.5. The second-order valence-electron chi connectivity index (χ2n) is 31.8. The summed E-state index contributed by atoms with van der Waals surface area (Å²) in [6.07, 6.45) is 33.9. The van der Waals surface area contributed by atoms with Crippen LogP contribution in [0.1, 0.15) is 202 Å². The fraction of sp³-hybridized carbons (Fsp3) is 0.388. The van der Waals surface area contributed by atoms with Gasteiger partial charge in [0.1, 0.15) is 47.9 Å². The van der Waals surface area contributed by atoms with Crippen LogP contribution in [0, 0.1) is 35.5 Å². The normalized spacial score (nSPS) is 19.4. The van der Waals surface area contributed by atoms with Crippen molar-refractivity contribution >= 4 is 140 Å². The SMILES string of the molecule is C.C.C.C.CCO.CC[C@@H]1C[C@@H](Nc2ncncc2C(=O)c2ccn(Cc3cccc(Br)c3)c2)C[C@@H]1C.C[C@H]1C[C@H](Nc2ncncc2C(=O)c2ccn(Cc3cccc(Br)c3)c2)C[C@H]1CO.O=C(c1ccn(Cc2cccc(Br)c2)c1)c1cncnc1Cl.O=C(c1ccn(Cc2cccc(Br)c2)c1)c1cncnc1N[C@@H]1C[C@@H](CO)[C@@H](O)C1.OC[C@@H]1C[C@@H](NBr)C[C@@H]1O.[2H]CF.[B]. The summed E-state index contributed by atoms with van der Waals surface area (Å²) in [7, 11) is -1.00. The molecule has 0 unspecified atom stereocenters. The molecule has 12 aromatic rings. The quantitative estimate of drug-likeness (QED) is 0.00989. The first-order valence-corrected chi connectivity index (χ1v) is 46.1. The minimum atomic E-state index is -1.00. The Kier molecular flexibility index (Phi) is 48.6. The van der Waals surface area contributed by atoms with E-state index in [-0.39, 0.29) is 129 Å². The number of alkyl halides is 1. The lowest BCUT2D eigenvalue weighted by molar-refractivity contribution is 0.0903. The van der Waals surface area contributed by atoms with Gasteiger partial charge >= 0.3 is 0 Å². The Morgan fingerprint density at radius 3 is 0.977 bits per heavy atom. The van der Waals surface area contributed by atoms with E-state index in [0.717, 1.165) is 79.0 Å². The molecule has 132 heavy (non-hydrogen) atoms. The van der Waals surface area contributed by atoms with Gasteiger partial charge < -0.3 is 64.9 Å². The molecule has 4 saturated carbocycles. The molecule has 8 heterocycles. The maximum Gasteiger partial charge on any atom is 0.199 e. The number of hydrogen-bond donors (Lipinski definition) is 10. The number of hydrogen-bond acceptors (Lipinski definition) is 22. The molecule has 4 aliphatic rings. The molecule has 8 aromatic heterocycles. The second kappa shape index (κ2) is 57.5. The Morgan fingerprint density at radius 2 is 0.705 bits per heavy atom. The number of nitrogens with one attached hydrogen (secondary N) is 4. The number of aliphatic hydroxyl groups is 6. The zero-order chi connectivity index (χ0) is 91.8. The molecule has 34 heteroatoms. The van der Waals surface area contributed by atoms with Gasteiger partial charge in [0.2, 0.25) is 0 Å². The van der Waals surface area contributed by atoms with Gasteiger partial charge in [-0.15, -0.1) is 0 Å². The first kappa shape index (κ1) is 112. The van der Waals surface area contributed by atoms with Crippen LogP contribution in [-0.4, -0.2) is 190 Å². The summed E-state index contributed by atoms with van der Waals surface area (Å²) >= 11 is 23.0. The number of halogens is 7. The van der Waals surface area contributed by atoms with Crippen LogP contribution in [-0.2, 0) is 26.2 Å². The van der Waals surface area contributed by atoms with Crippen molar-refractivity contribution in [3.63, 3.8) is 0 Å². The van der Waals surface area contributed by atoms with E-state index in [1.165, 1.54) is 49.7 Å². The highest BCUT2D eigenvalue weighted by atomic mass is 79.9. The van der Waals surface area contributed by atoms with Crippen LogP contribution in [0.2, 0.25) is 5.15 Å². The van der Waals surface area contributed by atoms with E-state index in [9.17, 15) is 44.0 Å². The molecule has 4 fully saturated rings. The van der Waals surface area contributed by atoms with Gasteiger partial charge in [-0.3, -0.25) is 27.9 Å². The number of benzene rings is 4. The number of carbonyl (C=O) groups is 4.